The number of hydrogen-bond donors (Lipinski definition) is 2. The van der Waals surface area contributed by atoms with Gasteiger partial charge in [-0.15, -0.1) is 10.2 Å². The Morgan fingerprint density at radius 1 is 1.20 bits per heavy atom. The van der Waals surface area contributed by atoms with Gasteiger partial charge in [0, 0.05) is 5.56 Å². The number of thioether (sulfide) groups is 1. The van der Waals surface area contributed by atoms with E-state index in [0.717, 1.165) is 34.6 Å². The second-order valence-electron chi connectivity index (χ2n) is 6.12. The fraction of sp³-hybridized carbons (Fsp3) is 0.167. The van der Waals surface area contributed by atoms with Gasteiger partial charge in [-0.25, -0.2) is 9.07 Å². The molecule has 158 valence electrons. The largest absolute Gasteiger partial charge is 0.416 e. The van der Waals surface area contributed by atoms with Gasteiger partial charge in [0.25, 0.3) is 0 Å². The maximum Gasteiger partial charge on any atom is 0.416 e. The average Bonchev–Trinajstić information content (AvgIpc) is 3.03. The van der Waals surface area contributed by atoms with Crippen LogP contribution < -0.4 is 11.2 Å². The van der Waals surface area contributed by atoms with Crippen LogP contribution in [0, 0.1) is 5.82 Å². The number of benzene rings is 2. The minimum atomic E-state index is -4.57. The lowest BCUT2D eigenvalue weighted by atomic mass is 10.2. The lowest BCUT2D eigenvalue weighted by molar-refractivity contribution is -0.137. The van der Waals surface area contributed by atoms with E-state index in [1.54, 1.807) is 0 Å². The van der Waals surface area contributed by atoms with Crippen LogP contribution in [0.1, 0.15) is 12.5 Å². The van der Waals surface area contributed by atoms with Crippen molar-refractivity contribution < 1.29 is 22.4 Å². The average molecular weight is 460 g/mol. The second kappa shape index (κ2) is 8.52. The number of carbonyl (C=O) groups is 1. The van der Waals surface area contributed by atoms with Gasteiger partial charge in [0.15, 0.2) is 5.82 Å². The third-order valence-corrected chi connectivity index (χ3v) is 5.36. The lowest BCUT2D eigenvalue weighted by Gasteiger charge is -2.14. The molecule has 12 heteroatoms. The highest BCUT2D eigenvalue weighted by Gasteiger charge is 2.31. The van der Waals surface area contributed by atoms with Crippen molar-refractivity contribution in [3.05, 3.63) is 58.9 Å². The molecule has 3 N–H and O–H groups in total. The number of anilines is 1. The number of nitrogens with zero attached hydrogens (tertiary/aromatic N) is 3. The van der Waals surface area contributed by atoms with Gasteiger partial charge in [0.2, 0.25) is 11.1 Å². The Labute approximate surface area is 177 Å². The molecule has 3 rings (SSSR count). The summed E-state index contributed by atoms with van der Waals surface area (Å²) in [7, 11) is 0. The van der Waals surface area contributed by atoms with Crippen LogP contribution in [-0.2, 0) is 11.0 Å². The van der Waals surface area contributed by atoms with E-state index in [9.17, 15) is 22.4 Å². The maximum atomic E-state index is 13.1. The molecule has 0 saturated heterocycles. The van der Waals surface area contributed by atoms with Crippen molar-refractivity contribution in [1.29, 1.82) is 0 Å². The van der Waals surface area contributed by atoms with Crippen LogP contribution in [0.3, 0.4) is 0 Å². The third kappa shape index (κ3) is 4.85. The molecule has 0 aliphatic carbocycles. The molecular weight excluding hydrogens is 446 g/mol. The summed E-state index contributed by atoms with van der Waals surface area (Å²) in [6, 6.07) is 8.08. The van der Waals surface area contributed by atoms with Crippen LogP contribution in [0.4, 0.5) is 23.2 Å². The third-order valence-electron chi connectivity index (χ3n) is 3.97. The molecule has 0 fully saturated rings. The van der Waals surface area contributed by atoms with Crippen molar-refractivity contribution >= 4 is 35.0 Å². The van der Waals surface area contributed by atoms with Crippen LogP contribution in [0.25, 0.3) is 11.4 Å². The summed E-state index contributed by atoms with van der Waals surface area (Å²) < 4.78 is 52.8. The Morgan fingerprint density at radius 2 is 1.87 bits per heavy atom. The number of carbonyl (C=O) groups excluding carboxylic acids is 1. The Kier molecular flexibility index (Phi) is 6.22. The monoisotopic (exact) mass is 459 g/mol. The van der Waals surface area contributed by atoms with E-state index in [2.05, 4.69) is 15.5 Å². The molecule has 0 bridgehead atoms. The molecule has 2 aromatic carbocycles. The van der Waals surface area contributed by atoms with Gasteiger partial charge in [0.05, 0.1) is 21.5 Å². The molecule has 1 amide bonds. The summed E-state index contributed by atoms with van der Waals surface area (Å²) in [5.41, 5.74) is -0.579. The lowest BCUT2D eigenvalue weighted by Crippen LogP contribution is -2.24. The van der Waals surface area contributed by atoms with Gasteiger partial charge >= 0.3 is 6.18 Å². The number of rotatable bonds is 5. The predicted octanol–water partition coefficient (Wildman–Crippen LogP) is 4.59. The number of hydrogen-bond acceptors (Lipinski definition) is 5. The van der Waals surface area contributed by atoms with Crippen molar-refractivity contribution in [3.8, 4) is 11.4 Å². The normalized spacial score (nSPS) is 12.6. The van der Waals surface area contributed by atoms with E-state index in [0.29, 0.717) is 5.56 Å². The van der Waals surface area contributed by atoms with E-state index in [-0.39, 0.29) is 21.7 Å². The van der Waals surface area contributed by atoms with Gasteiger partial charge in [-0.3, -0.25) is 4.79 Å². The standard InChI is InChI=1S/C18H14ClF4N5OS/c1-9(16(29)25-14-8-11(18(21,22)23)4-7-13(14)19)30-17-27-26-15(28(17)24)10-2-5-12(20)6-3-10/h2-9H,24H2,1H3,(H,25,29)/t9-/m0/s1. The van der Waals surface area contributed by atoms with Crippen molar-refractivity contribution in [2.45, 2.75) is 23.5 Å². The second-order valence-corrected chi connectivity index (χ2v) is 7.84. The highest BCUT2D eigenvalue weighted by molar-refractivity contribution is 8.00. The predicted molar refractivity (Wildman–Crippen MR) is 106 cm³/mol. The SMILES string of the molecule is C[C@H](Sc1nnc(-c2ccc(F)cc2)n1N)C(=O)Nc1cc(C(F)(F)F)ccc1Cl. The first kappa shape index (κ1) is 21.9. The van der Waals surface area contributed by atoms with Crippen LogP contribution in [-0.4, -0.2) is 26.0 Å². The molecule has 6 nitrogen and oxygen atoms in total. The summed E-state index contributed by atoms with van der Waals surface area (Å²) in [6.07, 6.45) is -4.57. The van der Waals surface area contributed by atoms with Crippen molar-refractivity contribution in [2.24, 2.45) is 0 Å². The Balaban J connectivity index is 1.73. The summed E-state index contributed by atoms with van der Waals surface area (Å²) in [5.74, 6) is 5.20. The van der Waals surface area contributed by atoms with E-state index in [4.69, 9.17) is 17.4 Å². The molecule has 0 aliphatic rings. The molecule has 1 heterocycles. The zero-order valence-corrected chi connectivity index (χ0v) is 16.8. The maximum absolute atomic E-state index is 13.1. The van der Waals surface area contributed by atoms with Crippen LogP contribution in [0.2, 0.25) is 5.02 Å². The topological polar surface area (TPSA) is 85.8 Å². The number of halogens is 5. The first-order valence-electron chi connectivity index (χ1n) is 8.37. The summed E-state index contributed by atoms with van der Waals surface area (Å²) in [4.78, 5) is 12.4. The smallest absolute Gasteiger partial charge is 0.335 e. The minimum Gasteiger partial charge on any atom is -0.335 e. The fourth-order valence-corrected chi connectivity index (χ4v) is 3.33. The molecular formula is C18H14ClF4N5OS. The number of nitrogen functional groups attached to an aromatic ring is 1. The van der Waals surface area contributed by atoms with Crippen LogP contribution >= 0.6 is 23.4 Å². The number of aromatic nitrogens is 3. The summed E-state index contributed by atoms with van der Waals surface area (Å²) >= 11 is 6.85. The molecule has 0 spiro atoms. The molecule has 0 saturated carbocycles. The fourth-order valence-electron chi connectivity index (χ4n) is 2.40. The van der Waals surface area contributed by atoms with E-state index >= 15 is 0 Å². The Bertz CT molecular complexity index is 1070. The first-order valence-corrected chi connectivity index (χ1v) is 9.62. The van der Waals surface area contributed by atoms with E-state index in [1.165, 1.54) is 31.2 Å². The van der Waals surface area contributed by atoms with Gasteiger partial charge in [0.1, 0.15) is 5.82 Å². The van der Waals surface area contributed by atoms with E-state index < -0.39 is 28.7 Å². The molecule has 0 aliphatic heterocycles. The number of nitrogens with one attached hydrogen (secondary N) is 1. The van der Waals surface area contributed by atoms with Crippen molar-refractivity contribution in [2.75, 3.05) is 11.2 Å². The summed E-state index contributed by atoms with van der Waals surface area (Å²) in [6.45, 7) is 1.52. The van der Waals surface area contributed by atoms with Gasteiger partial charge in [-0.2, -0.15) is 13.2 Å². The van der Waals surface area contributed by atoms with Gasteiger partial charge < -0.3 is 11.2 Å². The molecule has 0 radical (unpaired) electrons. The number of amides is 1. The Hall–Kier alpha value is -2.79. The minimum absolute atomic E-state index is 0.0332. The quantitative estimate of drug-likeness (QED) is 0.331. The highest BCUT2D eigenvalue weighted by Crippen LogP contribution is 2.34. The van der Waals surface area contributed by atoms with Gasteiger partial charge in [-0.05, 0) is 49.4 Å². The number of alkyl halides is 3. The number of nitrogens with two attached hydrogens (primary N) is 1. The zero-order chi connectivity index (χ0) is 22.1. The molecule has 1 aromatic heterocycles. The molecule has 3 aromatic rings. The van der Waals surface area contributed by atoms with Crippen molar-refractivity contribution in [1.82, 2.24) is 14.9 Å². The highest BCUT2D eigenvalue weighted by atomic mass is 35.5. The Morgan fingerprint density at radius 3 is 2.50 bits per heavy atom. The van der Waals surface area contributed by atoms with Crippen LogP contribution in [0.15, 0.2) is 47.6 Å². The molecule has 0 unspecified atom stereocenters. The zero-order valence-electron chi connectivity index (χ0n) is 15.2. The van der Waals surface area contributed by atoms with Crippen molar-refractivity contribution in [3.63, 3.8) is 0 Å². The van der Waals surface area contributed by atoms with E-state index in [1.807, 2.05) is 0 Å². The molecule has 1 atom stereocenters. The first-order chi connectivity index (χ1) is 14.1. The van der Waals surface area contributed by atoms with Crippen LogP contribution in [0.5, 0.6) is 0 Å². The molecule has 30 heavy (non-hydrogen) atoms. The van der Waals surface area contributed by atoms with Gasteiger partial charge in [-0.1, -0.05) is 23.4 Å². The summed E-state index contributed by atoms with van der Waals surface area (Å²) in [5, 5.41) is 9.58.